The zero-order valence-corrected chi connectivity index (χ0v) is 15.5. The lowest BCUT2D eigenvalue weighted by Crippen LogP contribution is -2.50. The highest BCUT2D eigenvalue weighted by atomic mass is 16.5. The van der Waals surface area contributed by atoms with Crippen molar-refractivity contribution in [1.29, 1.82) is 0 Å². The van der Waals surface area contributed by atoms with Gasteiger partial charge in [0.2, 0.25) is 5.91 Å². The van der Waals surface area contributed by atoms with Crippen LogP contribution in [-0.4, -0.2) is 41.4 Å². The number of methoxy groups -OCH3 is 1. The van der Waals surface area contributed by atoms with Gasteiger partial charge in [0.15, 0.2) is 0 Å². The summed E-state index contributed by atoms with van der Waals surface area (Å²) < 4.78 is 10.4. The standard InChI is InChI=1S/C20H22N4O4/c1-27-15-6-4-14(5-7-15)17-11-18-20(26)23(8-9-24(18)22-17)13-19(25)21-12-16-3-2-10-28-16/h2-10,17-18,22H,11-13H2,1H3,(H,21,25). The fourth-order valence-corrected chi connectivity index (χ4v) is 3.43. The summed E-state index contributed by atoms with van der Waals surface area (Å²) in [5, 5.41) is 4.57. The second kappa shape index (κ2) is 7.77. The Kier molecular flexibility index (Phi) is 5.03. The summed E-state index contributed by atoms with van der Waals surface area (Å²) in [5.74, 6) is 1.13. The Balaban J connectivity index is 1.35. The lowest BCUT2D eigenvalue weighted by Gasteiger charge is -2.31. The Morgan fingerprint density at radius 1 is 1.29 bits per heavy atom. The van der Waals surface area contributed by atoms with Gasteiger partial charge in [0, 0.05) is 12.4 Å². The van der Waals surface area contributed by atoms with Gasteiger partial charge in [-0.15, -0.1) is 0 Å². The number of hydrogen-bond donors (Lipinski definition) is 2. The molecule has 1 saturated heterocycles. The SMILES string of the molecule is COc1ccc(C2CC3C(=O)N(CC(=O)NCc4ccco4)C=CN3N2)cc1. The number of hydrogen-bond acceptors (Lipinski definition) is 6. The Morgan fingerprint density at radius 2 is 2.11 bits per heavy atom. The zero-order chi connectivity index (χ0) is 19.5. The smallest absolute Gasteiger partial charge is 0.251 e. The molecule has 2 unspecified atom stereocenters. The number of nitrogens with zero attached hydrogens (tertiary/aromatic N) is 2. The Hall–Kier alpha value is -3.26. The van der Waals surface area contributed by atoms with E-state index in [0.717, 1.165) is 11.3 Å². The minimum absolute atomic E-state index is 0.0203. The molecule has 1 fully saturated rings. The molecule has 8 heteroatoms. The number of carbonyl (C=O) groups is 2. The summed E-state index contributed by atoms with van der Waals surface area (Å²) in [5.41, 5.74) is 4.42. The van der Waals surface area contributed by atoms with Crippen LogP contribution in [0.3, 0.4) is 0 Å². The average Bonchev–Trinajstić information content (AvgIpc) is 3.39. The molecule has 4 rings (SSSR count). The van der Waals surface area contributed by atoms with Crippen molar-refractivity contribution in [3.05, 3.63) is 66.4 Å². The van der Waals surface area contributed by atoms with Crippen LogP contribution < -0.4 is 15.5 Å². The maximum Gasteiger partial charge on any atom is 0.251 e. The highest BCUT2D eigenvalue weighted by Gasteiger charge is 2.40. The van der Waals surface area contributed by atoms with Crippen molar-refractivity contribution in [3.63, 3.8) is 0 Å². The second-order valence-electron chi connectivity index (χ2n) is 6.73. The monoisotopic (exact) mass is 382 g/mol. The minimum Gasteiger partial charge on any atom is -0.497 e. The molecule has 2 atom stereocenters. The van der Waals surface area contributed by atoms with E-state index in [4.69, 9.17) is 9.15 Å². The van der Waals surface area contributed by atoms with Crippen LogP contribution in [0.15, 0.2) is 59.5 Å². The Morgan fingerprint density at radius 3 is 2.82 bits per heavy atom. The van der Waals surface area contributed by atoms with Crippen molar-refractivity contribution in [2.75, 3.05) is 13.7 Å². The van der Waals surface area contributed by atoms with E-state index >= 15 is 0 Å². The first kappa shape index (κ1) is 18.1. The summed E-state index contributed by atoms with van der Waals surface area (Å²) in [6, 6.07) is 11.0. The number of benzene rings is 1. The molecule has 0 bridgehead atoms. The zero-order valence-electron chi connectivity index (χ0n) is 15.5. The van der Waals surface area contributed by atoms with Crippen LogP contribution in [0.2, 0.25) is 0 Å². The summed E-state index contributed by atoms with van der Waals surface area (Å²) in [6.07, 6.45) is 5.61. The molecule has 0 saturated carbocycles. The predicted molar refractivity (Wildman–Crippen MR) is 101 cm³/mol. The largest absolute Gasteiger partial charge is 0.497 e. The lowest BCUT2D eigenvalue weighted by molar-refractivity contribution is -0.138. The number of rotatable bonds is 6. The molecule has 146 valence electrons. The maximum atomic E-state index is 12.8. The molecular weight excluding hydrogens is 360 g/mol. The molecule has 2 aliphatic rings. The number of ether oxygens (including phenoxy) is 1. The topological polar surface area (TPSA) is 87.0 Å². The molecule has 1 aromatic carbocycles. The molecule has 2 N–H and O–H groups in total. The molecule has 1 aromatic heterocycles. The van der Waals surface area contributed by atoms with Crippen LogP contribution in [0.1, 0.15) is 23.8 Å². The molecule has 2 aliphatic heterocycles. The summed E-state index contributed by atoms with van der Waals surface area (Å²) >= 11 is 0. The number of carbonyl (C=O) groups excluding carboxylic acids is 2. The van der Waals surface area contributed by atoms with E-state index in [1.165, 1.54) is 4.90 Å². The molecule has 0 spiro atoms. The van der Waals surface area contributed by atoms with Crippen molar-refractivity contribution >= 4 is 11.8 Å². The van der Waals surface area contributed by atoms with Gasteiger partial charge < -0.3 is 24.4 Å². The van der Waals surface area contributed by atoms with Gasteiger partial charge in [-0.1, -0.05) is 12.1 Å². The summed E-state index contributed by atoms with van der Waals surface area (Å²) in [7, 11) is 1.63. The van der Waals surface area contributed by atoms with Gasteiger partial charge in [0.1, 0.15) is 24.1 Å². The first-order valence-electron chi connectivity index (χ1n) is 9.10. The van der Waals surface area contributed by atoms with Crippen LogP contribution >= 0.6 is 0 Å². The Bertz CT molecular complexity index is 863. The first-order chi connectivity index (χ1) is 13.6. The highest BCUT2D eigenvalue weighted by molar-refractivity contribution is 5.89. The van der Waals surface area contributed by atoms with Crippen molar-refractivity contribution in [2.24, 2.45) is 0 Å². The van der Waals surface area contributed by atoms with E-state index < -0.39 is 0 Å². The molecule has 0 radical (unpaired) electrons. The summed E-state index contributed by atoms with van der Waals surface area (Å²) in [6.45, 7) is 0.280. The van der Waals surface area contributed by atoms with E-state index in [-0.39, 0.29) is 30.4 Å². The average molecular weight is 382 g/mol. The van der Waals surface area contributed by atoms with E-state index in [0.29, 0.717) is 18.7 Å². The van der Waals surface area contributed by atoms with Gasteiger partial charge in [0.25, 0.3) is 5.91 Å². The third-order valence-electron chi connectivity index (χ3n) is 4.95. The normalized spacial score (nSPS) is 21.0. The van der Waals surface area contributed by atoms with Crippen LogP contribution in [0.5, 0.6) is 5.75 Å². The third kappa shape index (κ3) is 3.72. The number of nitrogens with one attached hydrogen (secondary N) is 2. The number of hydrazine groups is 1. The van der Waals surface area contributed by atoms with Crippen molar-refractivity contribution in [2.45, 2.75) is 25.0 Å². The van der Waals surface area contributed by atoms with Gasteiger partial charge >= 0.3 is 0 Å². The van der Waals surface area contributed by atoms with Gasteiger partial charge in [-0.25, -0.2) is 5.43 Å². The fourth-order valence-electron chi connectivity index (χ4n) is 3.43. The van der Waals surface area contributed by atoms with Gasteiger partial charge in [0.05, 0.1) is 26.0 Å². The molecular formula is C20H22N4O4. The third-order valence-corrected chi connectivity index (χ3v) is 4.95. The van der Waals surface area contributed by atoms with Crippen LogP contribution in [0, 0.1) is 0 Å². The number of fused-ring (bicyclic) bond motifs is 1. The van der Waals surface area contributed by atoms with E-state index in [1.54, 1.807) is 37.9 Å². The molecule has 2 amide bonds. The van der Waals surface area contributed by atoms with Crippen molar-refractivity contribution < 1.29 is 18.7 Å². The number of furan rings is 1. The van der Waals surface area contributed by atoms with E-state index in [2.05, 4.69) is 10.7 Å². The molecule has 2 aromatic rings. The minimum atomic E-state index is -0.338. The highest BCUT2D eigenvalue weighted by Crippen LogP contribution is 2.31. The van der Waals surface area contributed by atoms with Crippen molar-refractivity contribution in [3.8, 4) is 5.75 Å². The molecule has 28 heavy (non-hydrogen) atoms. The fraction of sp³-hybridized carbons (Fsp3) is 0.300. The Labute approximate surface area is 162 Å². The first-order valence-corrected chi connectivity index (χ1v) is 9.10. The van der Waals surface area contributed by atoms with Crippen LogP contribution in [0.4, 0.5) is 0 Å². The summed E-state index contributed by atoms with van der Waals surface area (Å²) in [4.78, 5) is 26.5. The molecule has 8 nitrogen and oxygen atoms in total. The van der Waals surface area contributed by atoms with Crippen LogP contribution in [-0.2, 0) is 16.1 Å². The second-order valence-corrected chi connectivity index (χ2v) is 6.73. The maximum absolute atomic E-state index is 12.8. The van der Waals surface area contributed by atoms with Crippen LogP contribution in [0.25, 0.3) is 0 Å². The van der Waals surface area contributed by atoms with Gasteiger partial charge in [-0.2, -0.15) is 0 Å². The van der Waals surface area contributed by atoms with Crippen molar-refractivity contribution in [1.82, 2.24) is 20.7 Å². The van der Waals surface area contributed by atoms with E-state index in [1.807, 2.05) is 29.3 Å². The lowest BCUT2D eigenvalue weighted by atomic mass is 10.0. The predicted octanol–water partition coefficient (Wildman–Crippen LogP) is 1.54. The molecule has 0 aliphatic carbocycles. The van der Waals surface area contributed by atoms with E-state index in [9.17, 15) is 9.59 Å². The van der Waals surface area contributed by atoms with Gasteiger partial charge in [-0.3, -0.25) is 9.59 Å². The molecule has 3 heterocycles. The number of amides is 2. The quantitative estimate of drug-likeness (QED) is 0.788. The van der Waals surface area contributed by atoms with Gasteiger partial charge in [-0.05, 0) is 36.2 Å².